The first kappa shape index (κ1) is 13.7. The van der Waals surface area contributed by atoms with Gasteiger partial charge in [-0.25, -0.2) is 0 Å². The number of para-hydroxylation sites is 1. The van der Waals surface area contributed by atoms with E-state index in [1.165, 1.54) is 0 Å². The maximum absolute atomic E-state index is 10.0. The molecule has 1 aromatic carbocycles. The lowest BCUT2D eigenvalue weighted by molar-refractivity contribution is -0.0183. The van der Waals surface area contributed by atoms with Gasteiger partial charge in [-0.1, -0.05) is 23.7 Å². The average Bonchev–Trinajstić information content (AvgIpc) is 2.30. The molecule has 1 unspecified atom stereocenters. The van der Waals surface area contributed by atoms with Crippen LogP contribution < -0.4 is 4.74 Å². The predicted octanol–water partition coefficient (Wildman–Crippen LogP) is 2.57. The van der Waals surface area contributed by atoms with Crippen molar-refractivity contribution < 1.29 is 9.84 Å². The molecule has 0 spiro atoms. The molecule has 1 saturated heterocycles. The van der Waals surface area contributed by atoms with E-state index in [9.17, 15) is 5.11 Å². The van der Waals surface area contributed by atoms with E-state index in [1.807, 2.05) is 31.2 Å². The number of β-amino-alcohol motifs (C(OH)–C–C–N with tert-alkyl or cyclic N) is 1. The number of ether oxygens (including phenoxy) is 1. The zero-order valence-electron chi connectivity index (χ0n) is 10.7. The van der Waals surface area contributed by atoms with E-state index in [-0.39, 0.29) is 0 Å². The Labute approximate surface area is 113 Å². The quantitative estimate of drug-likeness (QED) is 0.912. The lowest BCUT2D eigenvalue weighted by atomic mass is 9.95. The van der Waals surface area contributed by atoms with Crippen molar-refractivity contribution in [3.05, 3.63) is 29.3 Å². The molecule has 0 saturated carbocycles. The highest BCUT2D eigenvalue weighted by Gasteiger charge is 2.27. The highest BCUT2D eigenvalue weighted by molar-refractivity contribution is 6.32. The molecule has 1 aliphatic rings. The Morgan fingerprint density at radius 2 is 2.22 bits per heavy atom. The second kappa shape index (κ2) is 5.91. The smallest absolute Gasteiger partial charge is 0.137 e. The molecule has 0 aliphatic carbocycles. The molecule has 0 amide bonds. The number of hydrogen-bond acceptors (Lipinski definition) is 3. The van der Waals surface area contributed by atoms with Gasteiger partial charge in [0.2, 0.25) is 0 Å². The first-order valence-electron chi connectivity index (χ1n) is 6.39. The van der Waals surface area contributed by atoms with Gasteiger partial charge < -0.3 is 9.84 Å². The van der Waals surface area contributed by atoms with E-state index in [4.69, 9.17) is 16.3 Å². The lowest BCUT2D eigenvalue weighted by Gasteiger charge is -2.36. The van der Waals surface area contributed by atoms with Crippen LogP contribution in [0.15, 0.2) is 24.3 Å². The van der Waals surface area contributed by atoms with E-state index in [0.29, 0.717) is 11.6 Å². The summed E-state index contributed by atoms with van der Waals surface area (Å²) >= 11 is 6.01. The van der Waals surface area contributed by atoms with Crippen molar-refractivity contribution >= 4 is 11.6 Å². The van der Waals surface area contributed by atoms with Crippen molar-refractivity contribution in [3.8, 4) is 5.75 Å². The van der Waals surface area contributed by atoms with E-state index < -0.39 is 5.60 Å². The molecule has 0 radical (unpaired) electrons. The van der Waals surface area contributed by atoms with Gasteiger partial charge in [-0.15, -0.1) is 0 Å². The van der Waals surface area contributed by atoms with Gasteiger partial charge in [-0.3, -0.25) is 4.90 Å². The molecule has 1 aromatic rings. The van der Waals surface area contributed by atoms with Gasteiger partial charge >= 0.3 is 0 Å². The molecule has 100 valence electrons. The van der Waals surface area contributed by atoms with Crippen LogP contribution in [0.3, 0.4) is 0 Å². The van der Waals surface area contributed by atoms with Gasteiger partial charge in [0.1, 0.15) is 12.4 Å². The fourth-order valence-corrected chi connectivity index (χ4v) is 2.55. The van der Waals surface area contributed by atoms with E-state index in [0.717, 1.165) is 38.2 Å². The highest BCUT2D eigenvalue weighted by Crippen LogP contribution is 2.23. The van der Waals surface area contributed by atoms with E-state index in [1.54, 1.807) is 0 Å². The number of benzene rings is 1. The monoisotopic (exact) mass is 269 g/mol. The van der Waals surface area contributed by atoms with Crippen LogP contribution in [0.4, 0.5) is 0 Å². The third-order valence-electron chi connectivity index (χ3n) is 3.26. The molecule has 0 aromatic heterocycles. The number of nitrogens with zero attached hydrogens (tertiary/aromatic N) is 1. The Balaban J connectivity index is 1.77. The van der Waals surface area contributed by atoms with Crippen LogP contribution >= 0.6 is 11.6 Å². The van der Waals surface area contributed by atoms with Crippen LogP contribution in [0.1, 0.15) is 19.8 Å². The summed E-state index contributed by atoms with van der Waals surface area (Å²) in [6.07, 6.45) is 1.92. The molecule has 1 heterocycles. The molecule has 3 nitrogen and oxygen atoms in total. The van der Waals surface area contributed by atoms with Crippen LogP contribution in [-0.2, 0) is 0 Å². The second-order valence-electron chi connectivity index (χ2n) is 5.16. The molecule has 1 atom stereocenters. The van der Waals surface area contributed by atoms with Gasteiger partial charge in [-0.05, 0) is 38.4 Å². The third kappa shape index (κ3) is 3.87. The minimum absolute atomic E-state index is 0.553. The van der Waals surface area contributed by atoms with Crippen LogP contribution in [0.25, 0.3) is 0 Å². The summed E-state index contributed by atoms with van der Waals surface area (Å²) in [5.41, 5.74) is -0.553. The molecule has 0 bridgehead atoms. The zero-order chi connectivity index (χ0) is 13.0. The van der Waals surface area contributed by atoms with Crippen LogP contribution in [-0.4, -0.2) is 41.8 Å². The second-order valence-corrected chi connectivity index (χ2v) is 5.56. The maximum Gasteiger partial charge on any atom is 0.137 e. The Kier molecular flexibility index (Phi) is 4.49. The van der Waals surface area contributed by atoms with Gasteiger partial charge in [0, 0.05) is 13.1 Å². The Morgan fingerprint density at radius 3 is 2.94 bits per heavy atom. The predicted molar refractivity (Wildman–Crippen MR) is 73.2 cm³/mol. The summed E-state index contributed by atoms with van der Waals surface area (Å²) in [5.74, 6) is 0.725. The third-order valence-corrected chi connectivity index (χ3v) is 3.57. The van der Waals surface area contributed by atoms with Crippen LogP contribution in [0.2, 0.25) is 5.02 Å². The fraction of sp³-hybridized carbons (Fsp3) is 0.571. The molecular weight excluding hydrogens is 250 g/mol. The Hall–Kier alpha value is -0.770. The molecule has 1 aliphatic heterocycles. The largest absolute Gasteiger partial charge is 0.491 e. The lowest BCUT2D eigenvalue weighted by Crippen LogP contribution is -2.47. The summed E-state index contributed by atoms with van der Waals surface area (Å²) in [4.78, 5) is 2.24. The van der Waals surface area contributed by atoms with Crippen LogP contribution in [0.5, 0.6) is 5.75 Å². The van der Waals surface area contributed by atoms with E-state index in [2.05, 4.69) is 4.90 Å². The standard InChI is InChI=1S/C14H20ClNO2/c1-14(17)7-4-8-16(11-14)9-10-18-13-6-3-2-5-12(13)15/h2-3,5-6,17H,4,7-11H2,1H3. The molecule has 1 N–H and O–H groups in total. The summed E-state index contributed by atoms with van der Waals surface area (Å²) in [5, 5.41) is 10.6. The molecule has 18 heavy (non-hydrogen) atoms. The van der Waals surface area contributed by atoms with Crippen molar-refractivity contribution in [1.29, 1.82) is 0 Å². The maximum atomic E-state index is 10.0. The Bertz CT molecular complexity index is 395. The summed E-state index contributed by atoms with van der Waals surface area (Å²) < 4.78 is 5.65. The number of piperidine rings is 1. The number of likely N-dealkylation sites (tertiary alicyclic amines) is 1. The summed E-state index contributed by atoms with van der Waals surface area (Å²) in [6, 6.07) is 7.49. The Morgan fingerprint density at radius 1 is 1.44 bits per heavy atom. The van der Waals surface area contributed by atoms with Gasteiger partial charge in [0.25, 0.3) is 0 Å². The number of rotatable bonds is 4. The van der Waals surface area contributed by atoms with Crippen molar-refractivity contribution in [2.75, 3.05) is 26.2 Å². The van der Waals surface area contributed by atoms with Gasteiger partial charge in [-0.2, -0.15) is 0 Å². The fourth-order valence-electron chi connectivity index (χ4n) is 2.36. The van der Waals surface area contributed by atoms with Crippen molar-refractivity contribution in [2.24, 2.45) is 0 Å². The number of aliphatic hydroxyl groups is 1. The van der Waals surface area contributed by atoms with E-state index >= 15 is 0 Å². The van der Waals surface area contributed by atoms with Gasteiger partial charge in [0.15, 0.2) is 0 Å². The first-order valence-corrected chi connectivity index (χ1v) is 6.77. The number of hydrogen-bond donors (Lipinski definition) is 1. The topological polar surface area (TPSA) is 32.7 Å². The minimum atomic E-state index is -0.553. The van der Waals surface area contributed by atoms with Crippen LogP contribution in [0, 0.1) is 0 Å². The molecule has 1 fully saturated rings. The minimum Gasteiger partial charge on any atom is -0.491 e. The SMILES string of the molecule is CC1(O)CCCN(CCOc2ccccc2Cl)C1. The summed E-state index contributed by atoms with van der Waals surface area (Å²) in [7, 11) is 0. The van der Waals surface area contributed by atoms with Crippen molar-refractivity contribution in [2.45, 2.75) is 25.4 Å². The van der Waals surface area contributed by atoms with Crippen molar-refractivity contribution in [1.82, 2.24) is 4.90 Å². The average molecular weight is 270 g/mol. The first-order chi connectivity index (χ1) is 8.57. The number of halogens is 1. The molecule has 4 heteroatoms. The highest BCUT2D eigenvalue weighted by atomic mass is 35.5. The summed E-state index contributed by atoms with van der Waals surface area (Å²) in [6.45, 7) is 5.07. The normalized spacial score (nSPS) is 25.1. The zero-order valence-corrected chi connectivity index (χ0v) is 11.5. The van der Waals surface area contributed by atoms with Gasteiger partial charge in [0.05, 0.1) is 10.6 Å². The molecule has 2 rings (SSSR count). The molecular formula is C14H20ClNO2. The van der Waals surface area contributed by atoms with Crippen molar-refractivity contribution in [3.63, 3.8) is 0 Å².